The number of nitrogens with one attached hydrogen (secondary N) is 1. The first-order valence-electron chi connectivity index (χ1n) is 10.2. The van der Waals surface area contributed by atoms with E-state index in [4.69, 9.17) is 4.74 Å². The average molecular weight is 483 g/mol. The van der Waals surface area contributed by atoms with Gasteiger partial charge in [-0.15, -0.1) is 10.2 Å². The van der Waals surface area contributed by atoms with E-state index in [2.05, 4.69) is 25.7 Å². The molecule has 34 heavy (non-hydrogen) atoms. The lowest BCUT2D eigenvalue weighted by Crippen LogP contribution is -2.59. The number of benzene rings is 1. The number of hydrogen-bond donors (Lipinski definition) is 2. The van der Waals surface area contributed by atoms with E-state index in [1.807, 2.05) is 0 Å². The maximum atomic E-state index is 12.9. The summed E-state index contributed by atoms with van der Waals surface area (Å²) in [5.41, 5.74) is -0.0565. The molecule has 1 aliphatic rings. The van der Waals surface area contributed by atoms with Gasteiger partial charge in [-0.2, -0.15) is 18.2 Å². The Balaban J connectivity index is 1.47. The van der Waals surface area contributed by atoms with Crippen LogP contribution in [0.3, 0.4) is 0 Å². The Kier molecular flexibility index (Phi) is 5.07. The van der Waals surface area contributed by atoms with Crippen molar-refractivity contribution in [1.29, 1.82) is 0 Å². The first kappa shape index (κ1) is 22.3. The molecule has 14 heteroatoms. The van der Waals surface area contributed by atoms with Crippen molar-refractivity contribution in [3.63, 3.8) is 0 Å². The molecule has 9 nitrogen and oxygen atoms in total. The van der Waals surface area contributed by atoms with Gasteiger partial charge in [-0.1, -0.05) is 11.3 Å². The summed E-state index contributed by atoms with van der Waals surface area (Å²) in [6.45, 7) is -0.595. The topological polar surface area (TPSA) is 102 Å². The fourth-order valence-corrected chi connectivity index (χ4v) is 4.10. The average Bonchev–Trinajstić information content (AvgIpc) is 3.34. The molecular formula is C20H18F5N7O2. The van der Waals surface area contributed by atoms with Gasteiger partial charge in [0.05, 0.1) is 12.6 Å². The van der Waals surface area contributed by atoms with Gasteiger partial charge in [0, 0.05) is 30.6 Å². The Morgan fingerprint density at radius 3 is 2.71 bits per heavy atom. The number of methoxy groups -OCH3 is 1. The number of halogens is 5. The van der Waals surface area contributed by atoms with Crippen molar-refractivity contribution in [3.8, 4) is 17.0 Å². The number of hydrogen-bond acceptors (Lipinski definition) is 7. The van der Waals surface area contributed by atoms with Crippen LogP contribution in [0.2, 0.25) is 0 Å². The highest BCUT2D eigenvalue weighted by atomic mass is 19.4. The summed E-state index contributed by atoms with van der Waals surface area (Å²) in [7, 11) is 1.39. The smallest absolute Gasteiger partial charge is 0.417 e. The minimum atomic E-state index is -4.70. The molecule has 180 valence electrons. The highest BCUT2D eigenvalue weighted by Crippen LogP contribution is 2.46. The monoisotopic (exact) mass is 483 g/mol. The number of rotatable bonds is 6. The van der Waals surface area contributed by atoms with Crippen LogP contribution in [0.4, 0.5) is 27.9 Å². The molecule has 0 amide bonds. The zero-order valence-corrected chi connectivity index (χ0v) is 17.6. The lowest BCUT2D eigenvalue weighted by atomic mass is 9.75. The maximum Gasteiger partial charge on any atom is 0.417 e. The summed E-state index contributed by atoms with van der Waals surface area (Å²) >= 11 is 0. The second-order valence-corrected chi connectivity index (χ2v) is 8.11. The molecule has 1 saturated carbocycles. The molecule has 0 aliphatic heterocycles. The van der Waals surface area contributed by atoms with Crippen molar-refractivity contribution in [1.82, 2.24) is 29.6 Å². The molecule has 3 heterocycles. The van der Waals surface area contributed by atoms with Crippen LogP contribution >= 0.6 is 0 Å². The SMILES string of the molecule is COc1nc(N[C@H]2C[C@](O)(C(F)(F)F)C2)nn2ccc(-c3ccc4nnn(CC(F)F)c4c3)c12. The summed E-state index contributed by atoms with van der Waals surface area (Å²) in [4.78, 5) is 4.26. The molecule has 1 aliphatic carbocycles. The van der Waals surface area contributed by atoms with Crippen molar-refractivity contribution in [2.24, 2.45) is 0 Å². The van der Waals surface area contributed by atoms with Crippen molar-refractivity contribution in [3.05, 3.63) is 30.5 Å². The van der Waals surface area contributed by atoms with Gasteiger partial charge in [-0.25, -0.2) is 18.0 Å². The molecule has 5 rings (SSSR count). The van der Waals surface area contributed by atoms with Crippen molar-refractivity contribution in [2.45, 2.75) is 43.6 Å². The normalized spacial score (nSPS) is 20.8. The number of anilines is 1. The summed E-state index contributed by atoms with van der Waals surface area (Å²) in [5, 5.41) is 24.4. The zero-order valence-electron chi connectivity index (χ0n) is 17.6. The predicted molar refractivity (Wildman–Crippen MR) is 110 cm³/mol. The van der Waals surface area contributed by atoms with Crippen LogP contribution in [0, 0.1) is 0 Å². The Morgan fingerprint density at radius 2 is 2.03 bits per heavy atom. The van der Waals surface area contributed by atoms with Gasteiger partial charge >= 0.3 is 6.18 Å². The summed E-state index contributed by atoms with van der Waals surface area (Å²) in [6.07, 6.45) is -6.71. The minimum Gasteiger partial charge on any atom is -0.479 e. The highest BCUT2D eigenvalue weighted by molar-refractivity contribution is 5.89. The highest BCUT2D eigenvalue weighted by Gasteiger charge is 2.61. The molecule has 4 aromatic rings. The molecule has 0 radical (unpaired) electrons. The molecule has 0 atom stereocenters. The summed E-state index contributed by atoms with van der Waals surface area (Å²) < 4.78 is 72.3. The number of aromatic nitrogens is 6. The molecule has 0 spiro atoms. The number of nitrogens with zero attached hydrogens (tertiary/aromatic N) is 6. The molecule has 1 fully saturated rings. The second-order valence-electron chi connectivity index (χ2n) is 8.11. The summed E-state index contributed by atoms with van der Waals surface area (Å²) in [5.74, 6) is 0.192. The molecule has 3 aromatic heterocycles. The number of fused-ring (bicyclic) bond motifs is 2. The van der Waals surface area contributed by atoms with Crippen molar-refractivity contribution >= 4 is 22.5 Å². The molecule has 0 saturated heterocycles. The van der Waals surface area contributed by atoms with E-state index >= 15 is 0 Å². The Labute approximate surface area is 188 Å². The van der Waals surface area contributed by atoms with Crippen LogP contribution in [0.5, 0.6) is 5.88 Å². The Morgan fingerprint density at radius 1 is 1.26 bits per heavy atom. The van der Waals surface area contributed by atoms with Crippen LogP contribution in [0.25, 0.3) is 27.7 Å². The molecule has 0 bridgehead atoms. The number of alkyl halides is 5. The number of ether oxygens (including phenoxy) is 1. The van der Waals surface area contributed by atoms with Gasteiger partial charge in [-0.05, 0) is 23.8 Å². The third-order valence-corrected chi connectivity index (χ3v) is 5.84. The molecule has 0 unspecified atom stereocenters. The summed E-state index contributed by atoms with van der Waals surface area (Å²) in [6, 6.07) is 6.14. The van der Waals surface area contributed by atoms with Crippen molar-refractivity contribution < 1.29 is 31.8 Å². The van der Waals surface area contributed by atoms with Crippen LogP contribution < -0.4 is 10.1 Å². The molecule has 2 N–H and O–H groups in total. The van der Waals surface area contributed by atoms with Gasteiger partial charge in [0.15, 0.2) is 5.60 Å². The van der Waals surface area contributed by atoms with Crippen LogP contribution in [-0.4, -0.2) is 66.1 Å². The quantitative estimate of drug-likeness (QED) is 0.406. The third kappa shape index (κ3) is 3.67. The Bertz CT molecular complexity index is 1360. The fourth-order valence-electron chi connectivity index (χ4n) is 4.10. The van der Waals surface area contributed by atoms with E-state index in [1.165, 1.54) is 11.6 Å². The Hall–Kier alpha value is -3.55. The number of aliphatic hydroxyl groups is 1. The predicted octanol–water partition coefficient (Wildman–Crippen LogP) is 3.28. The lowest BCUT2D eigenvalue weighted by Gasteiger charge is -2.44. The minimum absolute atomic E-state index is 0.0374. The van der Waals surface area contributed by atoms with E-state index in [9.17, 15) is 27.1 Å². The van der Waals surface area contributed by atoms with E-state index in [1.54, 1.807) is 30.5 Å². The van der Waals surface area contributed by atoms with Gasteiger partial charge in [0.1, 0.15) is 17.6 Å². The van der Waals surface area contributed by atoms with Gasteiger partial charge < -0.3 is 15.2 Å². The second kappa shape index (κ2) is 7.75. The largest absolute Gasteiger partial charge is 0.479 e. The van der Waals surface area contributed by atoms with Crippen LogP contribution in [-0.2, 0) is 6.54 Å². The van der Waals surface area contributed by atoms with Gasteiger partial charge in [0.2, 0.25) is 11.8 Å². The van der Waals surface area contributed by atoms with E-state index in [0.717, 1.165) is 4.68 Å². The lowest BCUT2D eigenvalue weighted by molar-refractivity contribution is -0.288. The van der Waals surface area contributed by atoms with E-state index in [0.29, 0.717) is 27.7 Å². The van der Waals surface area contributed by atoms with E-state index < -0.39 is 43.6 Å². The van der Waals surface area contributed by atoms with Gasteiger partial charge in [-0.3, -0.25) is 0 Å². The first-order chi connectivity index (χ1) is 16.1. The molecular weight excluding hydrogens is 465 g/mol. The van der Waals surface area contributed by atoms with Crippen molar-refractivity contribution in [2.75, 3.05) is 12.4 Å². The van der Waals surface area contributed by atoms with E-state index in [-0.39, 0.29) is 11.8 Å². The van der Waals surface area contributed by atoms with Crippen LogP contribution in [0.15, 0.2) is 30.5 Å². The molecule has 1 aromatic carbocycles. The zero-order chi connectivity index (χ0) is 24.3. The third-order valence-electron chi connectivity index (χ3n) is 5.84. The fraction of sp³-hybridized carbons (Fsp3) is 0.400. The first-order valence-corrected chi connectivity index (χ1v) is 10.2. The maximum absolute atomic E-state index is 12.9. The van der Waals surface area contributed by atoms with Crippen LogP contribution in [0.1, 0.15) is 12.8 Å². The van der Waals surface area contributed by atoms with Gasteiger partial charge in [0.25, 0.3) is 6.43 Å². The standard InChI is InChI=1S/C20H18F5N7O2/c1-34-17-16-12(10-2-3-13-14(6-10)32(30-28-13)9-15(21)22)4-5-31(16)29-18(27-17)26-11-7-19(33,8-11)20(23,24)25/h2-6,11,15,33H,7-9H2,1H3,(H,26,29)/t11-,19+.